The van der Waals surface area contributed by atoms with Crippen LogP contribution in [0.25, 0.3) is 0 Å². The number of nitrogens with one attached hydrogen (secondary N) is 1. The minimum Gasteiger partial charge on any atom is -0.497 e. The third-order valence-corrected chi connectivity index (χ3v) is 5.00. The average molecular weight is 354 g/mol. The molecule has 1 aliphatic heterocycles. The minimum atomic E-state index is -0.361. The molecule has 26 heavy (non-hydrogen) atoms. The number of hydrogen-bond donors (Lipinski definition) is 1. The van der Waals surface area contributed by atoms with Gasteiger partial charge in [-0.1, -0.05) is 30.7 Å². The Balaban J connectivity index is 1.69. The first-order valence-corrected chi connectivity index (χ1v) is 9.17. The molecule has 0 bridgehead atoms. The third kappa shape index (κ3) is 4.34. The van der Waals surface area contributed by atoms with Gasteiger partial charge in [0.25, 0.3) is 0 Å². The van der Waals surface area contributed by atoms with Gasteiger partial charge >= 0.3 is 5.97 Å². The number of carbonyl (C=O) groups is 1. The third-order valence-electron chi connectivity index (χ3n) is 5.00. The second-order valence-corrected chi connectivity index (χ2v) is 6.69. The number of esters is 1. The first-order chi connectivity index (χ1) is 12.7. The van der Waals surface area contributed by atoms with Gasteiger partial charge < -0.3 is 14.8 Å². The Morgan fingerprint density at radius 1 is 1.38 bits per heavy atom. The number of allylic oxidation sites excluding steroid dienone is 3. The molecule has 1 aliphatic carbocycles. The van der Waals surface area contributed by atoms with Crippen molar-refractivity contribution in [1.82, 2.24) is 4.98 Å². The molecule has 1 N–H and O–H groups in total. The maximum absolute atomic E-state index is 11.9. The van der Waals surface area contributed by atoms with Crippen LogP contribution in [0.3, 0.4) is 0 Å². The summed E-state index contributed by atoms with van der Waals surface area (Å²) in [7, 11) is 1.39. The van der Waals surface area contributed by atoms with E-state index in [1.54, 1.807) is 18.5 Å². The van der Waals surface area contributed by atoms with Gasteiger partial charge in [-0.15, -0.1) is 0 Å². The standard InChI is InChI=1S/C21H26N2O3/c1-15-7-8-16-10-12-26-20(16)6-4-3-5-17(15)13-23-19-14-22-11-9-18(19)21(24)25-2/h7-9,11,14,17,23H,1,3-6,10,12-13H2,2H3/b8-7-. The molecular weight excluding hydrogens is 328 g/mol. The number of ether oxygens (including phenoxy) is 2. The number of carbonyl (C=O) groups excluding carboxylic acids is 1. The van der Waals surface area contributed by atoms with Crippen molar-refractivity contribution in [1.29, 1.82) is 0 Å². The first kappa shape index (κ1) is 18.2. The van der Waals surface area contributed by atoms with Crippen LogP contribution < -0.4 is 5.32 Å². The summed E-state index contributed by atoms with van der Waals surface area (Å²) in [6.07, 6.45) is 12.8. The summed E-state index contributed by atoms with van der Waals surface area (Å²) in [5, 5.41) is 3.36. The van der Waals surface area contributed by atoms with E-state index in [9.17, 15) is 4.79 Å². The zero-order valence-electron chi connectivity index (χ0n) is 15.3. The summed E-state index contributed by atoms with van der Waals surface area (Å²) in [4.78, 5) is 16.0. The number of nitrogens with zero attached hydrogens (tertiary/aromatic N) is 1. The molecule has 0 amide bonds. The Morgan fingerprint density at radius 3 is 3.12 bits per heavy atom. The highest BCUT2D eigenvalue weighted by Crippen LogP contribution is 2.29. The normalized spacial score (nSPS) is 21.6. The summed E-state index contributed by atoms with van der Waals surface area (Å²) in [6.45, 7) is 5.78. The Hall–Kier alpha value is -2.56. The van der Waals surface area contributed by atoms with Crippen molar-refractivity contribution in [2.75, 3.05) is 25.6 Å². The number of methoxy groups -OCH3 is 1. The van der Waals surface area contributed by atoms with Gasteiger partial charge in [0, 0.05) is 31.5 Å². The van der Waals surface area contributed by atoms with Gasteiger partial charge in [0.1, 0.15) is 0 Å². The van der Waals surface area contributed by atoms with Crippen LogP contribution in [-0.4, -0.2) is 31.2 Å². The quantitative estimate of drug-likeness (QED) is 0.819. The highest BCUT2D eigenvalue weighted by atomic mass is 16.5. The number of rotatable bonds is 4. The van der Waals surface area contributed by atoms with Crippen molar-refractivity contribution in [2.45, 2.75) is 32.1 Å². The zero-order valence-corrected chi connectivity index (χ0v) is 15.3. The van der Waals surface area contributed by atoms with Crippen LogP contribution in [0.4, 0.5) is 5.69 Å². The van der Waals surface area contributed by atoms with Crippen molar-refractivity contribution in [3.63, 3.8) is 0 Å². The fourth-order valence-corrected chi connectivity index (χ4v) is 3.42. The van der Waals surface area contributed by atoms with Gasteiger partial charge in [0.05, 0.1) is 36.9 Å². The number of pyridine rings is 1. The Labute approximate surface area is 154 Å². The van der Waals surface area contributed by atoms with E-state index in [1.165, 1.54) is 12.7 Å². The Kier molecular flexibility index (Phi) is 6.10. The van der Waals surface area contributed by atoms with Crippen LogP contribution in [0.2, 0.25) is 0 Å². The van der Waals surface area contributed by atoms with E-state index in [0.29, 0.717) is 23.7 Å². The maximum Gasteiger partial charge on any atom is 0.340 e. The van der Waals surface area contributed by atoms with Gasteiger partial charge in [-0.3, -0.25) is 4.98 Å². The molecule has 0 saturated carbocycles. The largest absolute Gasteiger partial charge is 0.497 e. The van der Waals surface area contributed by atoms with E-state index in [2.05, 4.69) is 29.0 Å². The van der Waals surface area contributed by atoms with Crippen molar-refractivity contribution < 1.29 is 14.3 Å². The lowest BCUT2D eigenvalue weighted by Gasteiger charge is -2.20. The van der Waals surface area contributed by atoms with Gasteiger partial charge in [-0.05, 0) is 24.5 Å². The summed E-state index contributed by atoms with van der Waals surface area (Å²) in [6, 6.07) is 1.67. The van der Waals surface area contributed by atoms with Crippen LogP contribution in [0, 0.1) is 5.92 Å². The summed E-state index contributed by atoms with van der Waals surface area (Å²) in [5.74, 6) is 1.10. The van der Waals surface area contributed by atoms with E-state index < -0.39 is 0 Å². The lowest BCUT2D eigenvalue weighted by atomic mass is 9.91. The van der Waals surface area contributed by atoms with E-state index in [0.717, 1.165) is 50.0 Å². The molecule has 5 heteroatoms. The molecule has 1 aromatic rings. The van der Waals surface area contributed by atoms with E-state index >= 15 is 0 Å². The molecular formula is C21H26N2O3. The Bertz CT molecular complexity index is 737. The predicted octanol–water partition coefficient (Wildman–Crippen LogP) is 4.26. The number of hydrogen-bond acceptors (Lipinski definition) is 5. The molecule has 0 fully saturated rings. The van der Waals surface area contributed by atoms with E-state index in [4.69, 9.17) is 9.47 Å². The van der Waals surface area contributed by atoms with E-state index in [-0.39, 0.29) is 5.97 Å². The topological polar surface area (TPSA) is 60.5 Å². The van der Waals surface area contributed by atoms with Crippen molar-refractivity contribution in [3.05, 3.63) is 59.7 Å². The van der Waals surface area contributed by atoms with Crippen LogP contribution >= 0.6 is 0 Å². The monoisotopic (exact) mass is 354 g/mol. The molecule has 3 rings (SSSR count). The molecule has 2 heterocycles. The van der Waals surface area contributed by atoms with Crippen LogP contribution in [-0.2, 0) is 9.47 Å². The predicted molar refractivity (Wildman–Crippen MR) is 102 cm³/mol. The first-order valence-electron chi connectivity index (χ1n) is 9.17. The smallest absolute Gasteiger partial charge is 0.340 e. The molecule has 2 aliphatic rings. The second kappa shape index (κ2) is 8.70. The SMILES string of the molecule is C=C1/C=C\C2=C(CCCCC1CNc1cnccc1C(=O)OC)OCC2. The minimum absolute atomic E-state index is 0.307. The molecule has 138 valence electrons. The highest BCUT2D eigenvalue weighted by Gasteiger charge is 2.18. The van der Waals surface area contributed by atoms with E-state index in [1.807, 2.05) is 0 Å². The molecule has 0 saturated heterocycles. The summed E-state index contributed by atoms with van der Waals surface area (Å²) in [5.41, 5.74) is 3.60. The fourth-order valence-electron chi connectivity index (χ4n) is 3.42. The van der Waals surface area contributed by atoms with Crippen LogP contribution in [0.5, 0.6) is 0 Å². The number of aromatic nitrogens is 1. The van der Waals surface area contributed by atoms with Gasteiger partial charge in [-0.25, -0.2) is 4.79 Å². The molecule has 5 nitrogen and oxygen atoms in total. The maximum atomic E-state index is 11.9. The van der Waals surface area contributed by atoms with Gasteiger partial charge in [0.15, 0.2) is 0 Å². The highest BCUT2D eigenvalue weighted by molar-refractivity contribution is 5.95. The van der Waals surface area contributed by atoms with Crippen LogP contribution in [0.15, 0.2) is 54.1 Å². The second-order valence-electron chi connectivity index (χ2n) is 6.69. The van der Waals surface area contributed by atoms with Crippen molar-refractivity contribution >= 4 is 11.7 Å². The number of anilines is 1. The average Bonchev–Trinajstić information content (AvgIpc) is 3.12. The van der Waals surface area contributed by atoms with Crippen molar-refractivity contribution in [2.24, 2.45) is 5.92 Å². The summed E-state index contributed by atoms with van der Waals surface area (Å²) < 4.78 is 10.6. The molecule has 0 radical (unpaired) electrons. The lowest BCUT2D eigenvalue weighted by molar-refractivity contribution is 0.0601. The fraction of sp³-hybridized carbons (Fsp3) is 0.429. The summed E-state index contributed by atoms with van der Waals surface area (Å²) >= 11 is 0. The van der Waals surface area contributed by atoms with Gasteiger partial charge in [0.2, 0.25) is 0 Å². The molecule has 1 unspecified atom stereocenters. The Morgan fingerprint density at radius 2 is 2.27 bits per heavy atom. The lowest BCUT2D eigenvalue weighted by Crippen LogP contribution is -2.18. The molecule has 0 aromatic carbocycles. The van der Waals surface area contributed by atoms with Crippen molar-refractivity contribution in [3.8, 4) is 0 Å². The molecule has 1 atom stereocenters. The zero-order chi connectivity index (χ0) is 18.4. The molecule has 1 aromatic heterocycles. The van der Waals surface area contributed by atoms with Gasteiger partial charge in [-0.2, -0.15) is 0 Å². The molecule has 0 spiro atoms. The van der Waals surface area contributed by atoms with Crippen LogP contribution in [0.1, 0.15) is 42.5 Å².